The number of esters is 3. The summed E-state index contributed by atoms with van der Waals surface area (Å²) in [7, 11) is 1.33. The topological polar surface area (TPSA) is 165 Å². The van der Waals surface area contributed by atoms with Gasteiger partial charge >= 0.3 is 17.9 Å². The molecule has 12 heteroatoms. The van der Waals surface area contributed by atoms with Gasteiger partial charge in [0.2, 0.25) is 0 Å². The van der Waals surface area contributed by atoms with Crippen molar-refractivity contribution in [3.63, 3.8) is 0 Å². The quantitative estimate of drug-likeness (QED) is 0.0403. The lowest BCUT2D eigenvalue weighted by molar-refractivity contribution is -0.144. The Hall–Kier alpha value is -5.78. The van der Waals surface area contributed by atoms with Gasteiger partial charge in [0.25, 0.3) is 5.91 Å². The number of amides is 1. The molecule has 398 valence electrons. The third-order valence-corrected chi connectivity index (χ3v) is 15.1. The highest BCUT2D eigenvalue weighted by atomic mass is 16.5. The van der Waals surface area contributed by atoms with E-state index in [1.807, 2.05) is 31.2 Å². The third-order valence-electron chi connectivity index (χ3n) is 15.1. The van der Waals surface area contributed by atoms with Crippen LogP contribution in [0.4, 0.5) is 0 Å². The molecule has 0 spiro atoms. The number of aryl methyl sites for hydroxylation is 3. The van der Waals surface area contributed by atoms with Crippen molar-refractivity contribution in [1.82, 2.24) is 25.3 Å². The predicted octanol–water partition coefficient (Wildman–Crippen LogP) is 13.8. The Morgan fingerprint density at radius 3 is 2.08 bits per heavy atom. The zero-order valence-electron chi connectivity index (χ0n) is 46.6. The molecule has 0 saturated carbocycles. The SMILES string of the molecule is C=Cc1c(C)c2cc3nc(c(CC(=O)OC)c4nc(cc5[nH]c(cc1[nH]2)c(C)c5CC)C(C)=C4C(=O)NC(C)CC(=O)OCC)C(CCC(=O)OC/C=C(\C)CCCC(C)CCCC(C)CCCC(C)C)C3C. The van der Waals surface area contributed by atoms with Gasteiger partial charge in [0.1, 0.15) is 6.61 Å². The summed E-state index contributed by atoms with van der Waals surface area (Å²) in [5.41, 5.74) is 12.3. The average Bonchev–Trinajstić information content (AvgIpc) is 4.02. The molecule has 5 unspecified atom stereocenters. The van der Waals surface area contributed by atoms with E-state index in [1.165, 1.54) is 57.6 Å². The van der Waals surface area contributed by atoms with Gasteiger partial charge in [-0.3, -0.25) is 24.2 Å². The molecule has 5 rings (SSSR count). The Kier molecular flexibility index (Phi) is 21.9. The molecule has 0 aromatic carbocycles. The van der Waals surface area contributed by atoms with Crippen LogP contribution < -0.4 is 5.32 Å². The van der Waals surface area contributed by atoms with Crippen molar-refractivity contribution in [2.45, 2.75) is 191 Å². The first-order valence-electron chi connectivity index (χ1n) is 27.2. The minimum atomic E-state index is -0.575. The van der Waals surface area contributed by atoms with Crippen LogP contribution in [-0.4, -0.2) is 70.1 Å². The molecule has 5 heterocycles. The van der Waals surface area contributed by atoms with E-state index in [2.05, 4.69) is 90.2 Å². The van der Waals surface area contributed by atoms with E-state index in [0.717, 1.165) is 81.1 Å². The second-order valence-electron chi connectivity index (χ2n) is 21.4. The summed E-state index contributed by atoms with van der Waals surface area (Å²) in [6, 6.07) is 5.52. The maximum Gasteiger partial charge on any atom is 0.310 e. The number of rotatable bonds is 26. The number of allylic oxidation sites excluding steroid dienone is 2. The summed E-state index contributed by atoms with van der Waals surface area (Å²) in [6.45, 7) is 29.7. The summed E-state index contributed by atoms with van der Waals surface area (Å²) in [5, 5.41) is 3.01. The van der Waals surface area contributed by atoms with Crippen molar-refractivity contribution < 1.29 is 33.4 Å². The average molecular weight is 1000 g/mol. The minimum absolute atomic E-state index is 0.0301. The normalized spacial score (nSPS) is 16.1. The van der Waals surface area contributed by atoms with E-state index < -0.39 is 23.9 Å². The van der Waals surface area contributed by atoms with Crippen LogP contribution >= 0.6 is 0 Å². The number of aromatic nitrogens is 4. The van der Waals surface area contributed by atoms with Gasteiger partial charge in [-0.2, -0.15) is 0 Å². The van der Waals surface area contributed by atoms with Crippen LogP contribution in [0.15, 0.2) is 36.4 Å². The van der Waals surface area contributed by atoms with Crippen LogP contribution in [0.25, 0.3) is 39.3 Å². The lowest BCUT2D eigenvalue weighted by atomic mass is 9.84. The molecule has 12 nitrogen and oxygen atoms in total. The molecule has 8 bridgehead atoms. The number of aromatic amines is 2. The van der Waals surface area contributed by atoms with Crippen LogP contribution in [0.2, 0.25) is 0 Å². The molecule has 0 radical (unpaired) electrons. The molecule has 2 aliphatic rings. The fourth-order valence-electron chi connectivity index (χ4n) is 10.6. The first-order chi connectivity index (χ1) is 34.8. The molecule has 0 fully saturated rings. The minimum Gasteiger partial charge on any atom is -0.469 e. The van der Waals surface area contributed by atoms with Gasteiger partial charge in [0.05, 0.1) is 49.2 Å². The Balaban J connectivity index is 1.50. The predicted molar refractivity (Wildman–Crippen MR) is 297 cm³/mol. The van der Waals surface area contributed by atoms with Crippen LogP contribution in [-0.2, 0) is 46.2 Å². The molecule has 2 aliphatic heterocycles. The van der Waals surface area contributed by atoms with Crippen LogP contribution in [0.1, 0.15) is 209 Å². The number of nitrogens with one attached hydrogen (secondary N) is 3. The van der Waals surface area contributed by atoms with Crippen molar-refractivity contribution in [3.05, 3.63) is 87.0 Å². The highest BCUT2D eigenvalue weighted by molar-refractivity contribution is 6.27. The smallest absolute Gasteiger partial charge is 0.310 e. The maximum absolute atomic E-state index is 14.7. The fourth-order valence-corrected chi connectivity index (χ4v) is 10.6. The lowest BCUT2D eigenvalue weighted by Gasteiger charge is -2.19. The maximum atomic E-state index is 14.7. The van der Waals surface area contributed by atoms with E-state index in [1.54, 1.807) is 13.8 Å². The van der Waals surface area contributed by atoms with Gasteiger partial charge in [-0.05, 0) is 132 Å². The summed E-state index contributed by atoms with van der Waals surface area (Å²) in [6.07, 6.45) is 16.0. The highest BCUT2D eigenvalue weighted by Gasteiger charge is 2.36. The van der Waals surface area contributed by atoms with E-state index in [9.17, 15) is 19.2 Å². The number of carbonyl (C=O) groups excluding carboxylic acids is 4. The number of fused-ring (bicyclic) bond motifs is 8. The molecule has 3 aromatic rings. The number of H-pyrrole nitrogens is 2. The summed E-state index contributed by atoms with van der Waals surface area (Å²) in [4.78, 5) is 72.2. The zero-order chi connectivity index (χ0) is 53.5. The fraction of sp³-hybridized carbons (Fsp3) is 0.574. The van der Waals surface area contributed by atoms with Crippen molar-refractivity contribution in [2.75, 3.05) is 20.3 Å². The van der Waals surface area contributed by atoms with E-state index >= 15 is 0 Å². The summed E-state index contributed by atoms with van der Waals surface area (Å²) in [5.74, 6) is -0.0567. The van der Waals surface area contributed by atoms with Gasteiger partial charge in [-0.1, -0.05) is 105 Å². The first kappa shape index (κ1) is 58.1. The van der Waals surface area contributed by atoms with E-state index in [4.69, 9.17) is 24.2 Å². The summed E-state index contributed by atoms with van der Waals surface area (Å²) < 4.78 is 16.3. The largest absolute Gasteiger partial charge is 0.469 e. The second-order valence-corrected chi connectivity index (χ2v) is 21.4. The number of carbonyl (C=O) groups is 4. The van der Waals surface area contributed by atoms with Crippen molar-refractivity contribution in [2.24, 2.45) is 17.8 Å². The van der Waals surface area contributed by atoms with E-state index in [0.29, 0.717) is 40.6 Å². The number of methoxy groups -OCH3 is 1. The number of nitrogens with zero attached hydrogens (tertiary/aromatic N) is 2. The van der Waals surface area contributed by atoms with Crippen LogP contribution in [0.3, 0.4) is 0 Å². The van der Waals surface area contributed by atoms with Crippen molar-refractivity contribution in [3.8, 4) is 0 Å². The zero-order valence-corrected chi connectivity index (χ0v) is 46.6. The molecule has 3 N–H and O–H groups in total. The van der Waals surface area contributed by atoms with Crippen LogP contribution in [0, 0.1) is 31.6 Å². The van der Waals surface area contributed by atoms with Crippen molar-refractivity contribution >= 4 is 63.1 Å². The first-order valence-corrected chi connectivity index (χ1v) is 27.2. The molecular weight excluding hydrogens is 915 g/mol. The molecule has 3 aromatic heterocycles. The van der Waals surface area contributed by atoms with Gasteiger partial charge in [-0.15, -0.1) is 0 Å². The summed E-state index contributed by atoms with van der Waals surface area (Å²) >= 11 is 0. The molecule has 0 aliphatic carbocycles. The molecule has 0 saturated heterocycles. The van der Waals surface area contributed by atoms with Crippen molar-refractivity contribution in [1.29, 1.82) is 0 Å². The molecular formula is C61H87N5O7. The molecule has 5 atom stereocenters. The monoisotopic (exact) mass is 1000 g/mol. The highest BCUT2D eigenvalue weighted by Crippen LogP contribution is 2.44. The molecule has 1 amide bonds. The van der Waals surface area contributed by atoms with Crippen LogP contribution in [0.5, 0.6) is 0 Å². The standard InChI is InChI=1S/C61H87N5O7/c1-15-45-41(10)49-33-51-43(12)47(27-28-55(67)73-30-29-39(8)26-20-25-38(7)24-19-23-37(6)22-18-21-36(4)5)59(65-51)48(32-56(68)71-14)60-58(61(70)62-40(9)31-57(69)72-17-3)44(13)52(66-60)35-54-46(16-2)42(11)50(64-54)34-53(45)63-49/h15,29,33-38,40,43,47,63-64H,1,16-28,30-32H2,2-14H3,(H,62,70)/b39-29+,49-33?,50-34?,51-33?,52-35?,53-34?,54-35?,59-48?,60-48?. The van der Waals surface area contributed by atoms with Gasteiger partial charge in [0.15, 0.2) is 0 Å². The Labute approximate surface area is 436 Å². The Bertz CT molecular complexity index is 2680. The Morgan fingerprint density at radius 2 is 1.44 bits per heavy atom. The molecule has 73 heavy (non-hydrogen) atoms. The second kappa shape index (κ2) is 27.5. The third kappa shape index (κ3) is 15.6. The Morgan fingerprint density at radius 1 is 0.781 bits per heavy atom. The van der Waals surface area contributed by atoms with Gasteiger partial charge in [-0.25, -0.2) is 4.98 Å². The number of hydrogen-bond donors (Lipinski definition) is 3. The number of ether oxygens (including phenoxy) is 3. The van der Waals surface area contributed by atoms with Gasteiger partial charge in [0, 0.05) is 63.2 Å². The van der Waals surface area contributed by atoms with E-state index in [-0.39, 0.29) is 55.9 Å². The number of hydrogen-bond acceptors (Lipinski definition) is 9. The van der Waals surface area contributed by atoms with Gasteiger partial charge < -0.3 is 29.5 Å². The lowest BCUT2D eigenvalue weighted by Crippen LogP contribution is -2.35.